The number of carbonyl (C=O) groups excluding carboxylic acids is 1. The van der Waals surface area contributed by atoms with Crippen LogP contribution in [0.15, 0.2) is 48.2 Å². The van der Waals surface area contributed by atoms with Crippen LogP contribution in [0.2, 0.25) is 0 Å². The number of alkyl halides is 1. The van der Waals surface area contributed by atoms with Crippen molar-refractivity contribution in [2.45, 2.75) is 31.2 Å². The molecule has 1 aliphatic heterocycles. The number of hydrogen-bond donors (Lipinski definition) is 2. The van der Waals surface area contributed by atoms with E-state index < -0.39 is 5.98 Å². The first-order valence-electron chi connectivity index (χ1n) is 7.47. The molecule has 1 saturated carbocycles. The van der Waals surface area contributed by atoms with Crippen molar-refractivity contribution in [1.82, 2.24) is 10.6 Å². The highest BCUT2D eigenvalue weighted by molar-refractivity contribution is 5.96. The number of carbonyl (C=O) groups is 1. The second-order valence-electron chi connectivity index (χ2n) is 5.60. The molecule has 3 rings (SSSR count). The van der Waals surface area contributed by atoms with E-state index in [-0.39, 0.29) is 5.91 Å². The maximum Gasteiger partial charge on any atom is 0.350 e. The first-order chi connectivity index (χ1) is 10.6. The van der Waals surface area contributed by atoms with Crippen molar-refractivity contribution in [1.29, 1.82) is 0 Å². The van der Waals surface area contributed by atoms with Gasteiger partial charge in [0.1, 0.15) is 5.75 Å². The molecule has 0 radical (unpaired) electrons. The Balaban J connectivity index is 1.64. The third kappa shape index (κ3) is 2.98. The first kappa shape index (κ1) is 14.6. The molecule has 1 heterocycles. The highest BCUT2D eigenvalue weighted by Crippen LogP contribution is 2.37. The minimum absolute atomic E-state index is 0.282. The van der Waals surface area contributed by atoms with E-state index >= 15 is 0 Å². The average Bonchev–Trinajstić information content (AvgIpc) is 2.47. The molecule has 1 unspecified atom stereocenters. The molecule has 1 aromatic carbocycles. The molecule has 2 N–H and O–H groups in total. The van der Waals surface area contributed by atoms with Crippen LogP contribution in [0.1, 0.15) is 30.7 Å². The molecular formula is C17H19FN2O2. The van der Waals surface area contributed by atoms with Crippen molar-refractivity contribution in [3.63, 3.8) is 0 Å². The number of ether oxygens (including phenoxy) is 1. The second-order valence-corrected chi connectivity index (χ2v) is 5.60. The summed E-state index contributed by atoms with van der Waals surface area (Å²) >= 11 is 0. The molecule has 4 nitrogen and oxygen atoms in total. The SMILES string of the molecule is CNC(=O)C1=CNC(F)(Oc2ccc(C3CCC3)cc2)C=C1. The first-order valence-corrected chi connectivity index (χ1v) is 7.47. The summed E-state index contributed by atoms with van der Waals surface area (Å²) in [6.45, 7) is 0. The highest BCUT2D eigenvalue weighted by Gasteiger charge is 2.31. The Morgan fingerprint density at radius 2 is 2.09 bits per heavy atom. The molecular weight excluding hydrogens is 283 g/mol. The molecule has 0 aromatic heterocycles. The molecule has 1 atom stereocenters. The minimum Gasteiger partial charge on any atom is -0.438 e. The van der Waals surface area contributed by atoms with Crippen molar-refractivity contribution in [3.8, 4) is 5.75 Å². The Bertz CT molecular complexity index is 620. The lowest BCUT2D eigenvalue weighted by Gasteiger charge is -2.28. The third-order valence-corrected chi connectivity index (χ3v) is 4.11. The molecule has 0 bridgehead atoms. The number of hydrogen-bond acceptors (Lipinski definition) is 3. The summed E-state index contributed by atoms with van der Waals surface area (Å²) in [4.78, 5) is 11.4. The van der Waals surface area contributed by atoms with Gasteiger partial charge in [0.15, 0.2) is 0 Å². The van der Waals surface area contributed by atoms with Crippen molar-refractivity contribution in [2.75, 3.05) is 7.05 Å². The van der Waals surface area contributed by atoms with E-state index in [1.807, 2.05) is 12.1 Å². The Labute approximate surface area is 129 Å². The van der Waals surface area contributed by atoms with E-state index in [0.717, 1.165) is 0 Å². The van der Waals surface area contributed by atoms with Gasteiger partial charge in [-0.3, -0.25) is 4.79 Å². The Morgan fingerprint density at radius 1 is 1.36 bits per heavy atom. The summed E-state index contributed by atoms with van der Waals surface area (Å²) in [5, 5.41) is 4.95. The molecule has 1 aliphatic carbocycles. The van der Waals surface area contributed by atoms with Gasteiger partial charge in [0.25, 0.3) is 5.91 Å². The van der Waals surface area contributed by atoms with Gasteiger partial charge in [0, 0.05) is 19.3 Å². The van der Waals surface area contributed by atoms with Gasteiger partial charge in [0.2, 0.25) is 0 Å². The van der Waals surface area contributed by atoms with Crippen molar-refractivity contribution in [2.24, 2.45) is 0 Å². The van der Waals surface area contributed by atoms with Crippen LogP contribution in [0, 0.1) is 0 Å². The van der Waals surface area contributed by atoms with Crippen LogP contribution >= 0.6 is 0 Å². The number of rotatable bonds is 4. The summed E-state index contributed by atoms with van der Waals surface area (Å²) in [6, 6.07) is 7.53. The van der Waals surface area contributed by atoms with Gasteiger partial charge in [-0.05, 0) is 42.5 Å². The van der Waals surface area contributed by atoms with E-state index in [0.29, 0.717) is 17.2 Å². The van der Waals surface area contributed by atoms with E-state index in [2.05, 4.69) is 10.6 Å². The molecule has 1 fully saturated rings. The molecule has 5 heteroatoms. The molecule has 116 valence electrons. The molecule has 0 saturated heterocycles. The van der Waals surface area contributed by atoms with Crippen molar-refractivity contribution in [3.05, 3.63) is 53.8 Å². The number of benzene rings is 1. The molecule has 22 heavy (non-hydrogen) atoms. The highest BCUT2D eigenvalue weighted by atomic mass is 19.2. The van der Waals surface area contributed by atoms with Crippen LogP contribution in [-0.4, -0.2) is 18.9 Å². The largest absolute Gasteiger partial charge is 0.438 e. The average molecular weight is 302 g/mol. The van der Waals surface area contributed by atoms with Crippen molar-refractivity contribution < 1.29 is 13.9 Å². The summed E-state index contributed by atoms with van der Waals surface area (Å²) in [6.07, 6.45) is 7.64. The van der Waals surface area contributed by atoms with Gasteiger partial charge in [0.05, 0.1) is 5.57 Å². The van der Waals surface area contributed by atoms with Gasteiger partial charge < -0.3 is 15.4 Å². The molecule has 1 amide bonds. The van der Waals surface area contributed by atoms with Crippen molar-refractivity contribution >= 4 is 5.91 Å². The van der Waals surface area contributed by atoms with Gasteiger partial charge in [-0.25, -0.2) is 0 Å². The van der Waals surface area contributed by atoms with Crippen LogP contribution in [0.3, 0.4) is 0 Å². The number of halogens is 1. The topological polar surface area (TPSA) is 50.4 Å². The van der Waals surface area contributed by atoms with E-state index in [9.17, 15) is 9.18 Å². The zero-order chi connectivity index (χ0) is 15.6. The predicted molar refractivity (Wildman–Crippen MR) is 81.9 cm³/mol. The van der Waals surface area contributed by atoms with Crippen LogP contribution in [-0.2, 0) is 4.79 Å². The standard InChI is InChI=1S/C17H19FN2O2/c1-19-16(21)14-9-10-17(18,20-11-14)22-15-7-5-13(6-8-15)12-3-2-4-12/h5-12,20H,2-4H2,1H3,(H,19,21). The number of dihydropyridines is 1. The quantitative estimate of drug-likeness (QED) is 0.841. The molecule has 2 aliphatic rings. The van der Waals surface area contributed by atoms with Crippen LogP contribution in [0.25, 0.3) is 0 Å². The fourth-order valence-corrected chi connectivity index (χ4v) is 2.54. The zero-order valence-corrected chi connectivity index (χ0v) is 12.4. The van der Waals surface area contributed by atoms with Gasteiger partial charge in [-0.1, -0.05) is 18.6 Å². The predicted octanol–water partition coefficient (Wildman–Crippen LogP) is 2.75. The fourth-order valence-electron chi connectivity index (χ4n) is 2.54. The summed E-state index contributed by atoms with van der Waals surface area (Å²) in [7, 11) is 1.52. The van der Waals surface area contributed by atoms with Crippen LogP contribution < -0.4 is 15.4 Å². The third-order valence-electron chi connectivity index (χ3n) is 4.11. The number of amides is 1. The lowest BCUT2D eigenvalue weighted by molar-refractivity contribution is -0.116. The van der Waals surface area contributed by atoms with Crippen LogP contribution in [0.4, 0.5) is 4.39 Å². The summed E-state index contributed by atoms with van der Waals surface area (Å²) in [5.41, 5.74) is 1.63. The van der Waals surface area contributed by atoms with Gasteiger partial charge in [-0.2, -0.15) is 4.39 Å². The second kappa shape index (κ2) is 5.83. The van der Waals surface area contributed by atoms with Gasteiger partial charge >= 0.3 is 5.98 Å². The van der Waals surface area contributed by atoms with E-state index in [4.69, 9.17) is 4.74 Å². The molecule has 0 spiro atoms. The maximum absolute atomic E-state index is 14.5. The lowest BCUT2D eigenvalue weighted by Crippen LogP contribution is -2.44. The lowest BCUT2D eigenvalue weighted by atomic mass is 9.80. The maximum atomic E-state index is 14.5. The fraction of sp³-hybridized carbons (Fsp3) is 0.353. The van der Waals surface area contributed by atoms with Gasteiger partial charge in [-0.15, -0.1) is 0 Å². The van der Waals surface area contributed by atoms with E-state index in [1.54, 1.807) is 12.1 Å². The normalized spacial score (nSPS) is 24.0. The zero-order valence-electron chi connectivity index (χ0n) is 12.4. The minimum atomic E-state index is -2.14. The molecule has 1 aromatic rings. The Morgan fingerprint density at radius 3 is 2.59 bits per heavy atom. The summed E-state index contributed by atoms with van der Waals surface area (Å²) < 4.78 is 19.9. The smallest absolute Gasteiger partial charge is 0.350 e. The summed E-state index contributed by atoms with van der Waals surface area (Å²) in [5.74, 6) is -1.34. The Hall–Kier alpha value is -2.30. The van der Waals surface area contributed by atoms with Crippen LogP contribution in [0.5, 0.6) is 5.75 Å². The number of likely N-dealkylation sites (N-methyl/N-ethyl adjacent to an activating group) is 1. The monoisotopic (exact) mass is 302 g/mol. The van der Waals surface area contributed by atoms with E-state index in [1.165, 1.54) is 50.2 Å². The number of nitrogens with one attached hydrogen (secondary N) is 2. The Kier molecular flexibility index (Phi) is 3.88.